The molecule has 0 aromatic rings. The van der Waals surface area contributed by atoms with Crippen molar-refractivity contribution in [2.24, 2.45) is 0 Å². The van der Waals surface area contributed by atoms with Crippen LogP contribution in [0, 0.1) is 0 Å². The van der Waals surface area contributed by atoms with Crippen molar-refractivity contribution in [1.29, 1.82) is 0 Å². The number of hydrogen-bond acceptors (Lipinski definition) is 3. The van der Waals surface area contributed by atoms with Crippen LogP contribution < -0.4 is 10.6 Å². The molecular weight excluding hydrogens is 184 g/mol. The predicted molar refractivity (Wildman–Crippen MR) is 53.0 cm³/mol. The van der Waals surface area contributed by atoms with Gasteiger partial charge in [0.1, 0.15) is 0 Å². The Balaban J connectivity index is 3.22. The first-order valence-corrected chi connectivity index (χ1v) is 4.80. The van der Waals surface area contributed by atoms with Crippen molar-refractivity contribution in [3.05, 3.63) is 0 Å². The summed E-state index contributed by atoms with van der Waals surface area (Å²) in [4.78, 5) is 21.2. The number of amides is 1. The molecule has 1 amide bonds. The molecule has 82 valence electrons. The summed E-state index contributed by atoms with van der Waals surface area (Å²) in [7, 11) is 1.84. The molecule has 0 aromatic carbocycles. The van der Waals surface area contributed by atoms with E-state index in [-0.39, 0.29) is 12.3 Å². The van der Waals surface area contributed by atoms with Crippen LogP contribution in [0.1, 0.15) is 25.7 Å². The first kappa shape index (κ1) is 12.9. The van der Waals surface area contributed by atoms with Crippen molar-refractivity contribution in [2.75, 3.05) is 20.1 Å². The molecule has 0 spiro atoms. The second-order valence-electron chi connectivity index (χ2n) is 3.05. The third-order valence-corrected chi connectivity index (χ3v) is 1.72. The Morgan fingerprint density at radius 1 is 1.14 bits per heavy atom. The lowest BCUT2D eigenvalue weighted by Gasteiger charge is -2.03. The van der Waals surface area contributed by atoms with Gasteiger partial charge in [-0.2, -0.15) is 0 Å². The van der Waals surface area contributed by atoms with Crippen molar-refractivity contribution < 1.29 is 14.7 Å². The first-order chi connectivity index (χ1) is 6.66. The highest BCUT2D eigenvalue weighted by molar-refractivity contribution is 5.75. The zero-order valence-corrected chi connectivity index (χ0v) is 8.51. The summed E-state index contributed by atoms with van der Waals surface area (Å²) >= 11 is 0. The molecule has 0 saturated heterocycles. The summed E-state index contributed by atoms with van der Waals surface area (Å²) in [5.41, 5.74) is 0. The second-order valence-corrected chi connectivity index (χ2v) is 3.05. The lowest BCUT2D eigenvalue weighted by atomic mass is 10.2. The van der Waals surface area contributed by atoms with Gasteiger partial charge in [-0.1, -0.05) is 0 Å². The molecule has 0 radical (unpaired) electrons. The van der Waals surface area contributed by atoms with Gasteiger partial charge in [0.15, 0.2) is 0 Å². The molecule has 0 aliphatic carbocycles. The first-order valence-electron chi connectivity index (χ1n) is 4.80. The quantitative estimate of drug-likeness (QED) is 0.483. The number of rotatable bonds is 8. The predicted octanol–water partition coefficient (Wildman–Crippen LogP) is -0.0330. The van der Waals surface area contributed by atoms with E-state index in [1.165, 1.54) is 0 Å². The molecule has 0 unspecified atom stereocenters. The molecule has 5 nitrogen and oxygen atoms in total. The topological polar surface area (TPSA) is 78.4 Å². The fourth-order valence-electron chi connectivity index (χ4n) is 0.982. The molecule has 0 aromatic heterocycles. The van der Waals surface area contributed by atoms with E-state index in [1.54, 1.807) is 0 Å². The van der Waals surface area contributed by atoms with Crippen molar-refractivity contribution in [1.82, 2.24) is 10.6 Å². The van der Waals surface area contributed by atoms with Crippen molar-refractivity contribution >= 4 is 11.9 Å². The van der Waals surface area contributed by atoms with Crippen LogP contribution in [-0.2, 0) is 9.59 Å². The zero-order valence-electron chi connectivity index (χ0n) is 8.51. The number of nitrogens with one attached hydrogen (secondary N) is 2. The summed E-state index contributed by atoms with van der Waals surface area (Å²) in [6, 6.07) is 0. The summed E-state index contributed by atoms with van der Waals surface area (Å²) in [6.07, 6.45) is 1.90. The molecule has 0 aliphatic rings. The Hall–Kier alpha value is -1.10. The minimum Gasteiger partial charge on any atom is -0.481 e. The van der Waals surface area contributed by atoms with Gasteiger partial charge in [-0.3, -0.25) is 9.59 Å². The summed E-state index contributed by atoms with van der Waals surface area (Å²) < 4.78 is 0. The van der Waals surface area contributed by atoms with Gasteiger partial charge in [-0.25, -0.2) is 0 Å². The maximum Gasteiger partial charge on any atom is 0.303 e. The highest BCUT2D eigenvalue weighted by Gasteiger charge is 2.00. The van der Waals surface area contributed by atoms with Crippen LogP contribution in [0.3, 0.4) is 0 Å². The average molecular weight is 202 g/mol. The van der Waals surface area contributed by atoms with Gasteiger partial charge >= 0.3 is 5.97 Å². The monoisotopic (exact) mass is 202 g/mol. The number of aliphatic carboxylic acids is 1. The van der Waals surface area contributed by atoms with E-state index >= 15 is 0 Å². The second kappa shape index (κ2) is 8.50. The maximum atomic E-state index is 11.1. The molecule has 0 saturated carbocycles. The number of carbonyl (C=O) groups excluding carboxylic acids is 1. The van der Waals surface area contributed by atoms with E-state index in [1.807, 2.05) is 7.05 Å². The fraction of sp³-hybridized carbons (Fsp3) is 0.778. The summed E-state index contributed by atoms with van der Waals surface area (Å²) in [5, 5.41) is 13.9. The van der Waals surface area contributed by atoms with Gasteiger partial charge in [0.25, 0.3) is 0 Å². The van der Waals surface area contributed by atoms with Crippen LogP contribution in [0.2, 0.25) is 0 Å². The molecule has 0 atom stereocenters. The van der Waals surface area contributed by atoms with Crippen LogP contribution in [0.25, 0.3) is 0 Å². The van der Waals surface area contributed by atoms with Gasteiger partial charge < -0.3 is 15.7 Å². The molecule has 0 fully saturated rings. The molecule has 3 N–H and O–H groups in total. The van der Waals surface area contributed by atoms with Crippen LogP contribution in [0.15, 0.2) is 0 Å². The molecule has 0 rings (SSSR count). The van der Waals surface area contributed by atoms with Crippen LogP contribution in [0.5, 0.6) is 0 Å². The Kier molecular flexibility index (Phi) is 7.83. The third-order valence-electron chi connectivity index (χ3n) is 1.72. The normalized spacial score (nSPS) is 9.79. The van der Waals surface area contributed by atoms with Gasteiger partial charge in [-0.05, 0) is 26.4 Å². The Morgan fingerprint density at radius 2 is 1.79 bits per heavy atom. The number of hydrogen-bond donors (Lipinski definition) is 3. The largest absolute Gasteiger partial charge is 0.481 e. The Bertz CT molecular complexity index is 183. The highest BCUT2D eigenvalue weighted by atomic mass is 16.4. The van der Waals surface area contributed by atoms with E-state index < -0.39 is 5.97 Å². The summed E-state index contributed by atoms with van der Waals surface area (Å²) in [5.74, 6) is -0.833. The van der Waals surface area contributed by atoms with Crippen LogP contribution in [-0.4, -0.2) is 37.1 Å². The van der Waals surface area contributed by atoms with E-state index in [4.69, 9.17) is 5.11 Å². The molecular formula is C9H18N2O3. The number of carboxylic acid groups (broad SMARTS) is 1. The number of carboxylic acids is 1. The maximum absolute atomic E-state index is 11.1. The third kappa shape index (κ3) is 8.99. The molecule has 0 heterocycles. The minimum atomic E-state index is -0.825. The van der Waals surface area contributed by atoms with Crippen LogP contribution in [0.4, 0.5) is 0 Å². The van der Waals surface area contributed by atoms with E-state index in [9.17, 15) is 9.59 Å². The fourth-order valence-corrected chi connectivity index (χ4v) is 0.982. The van der Waals surface area contributed by atoms with E-state index in [0.29, 0.717) is 19.4 Å². The van der Waals surface area contributed by atoms with Crippen LogP contribution >= 0.6 is 0 Å². The van der Waals surface area contributed by atoms with Crippen molar-refractivity contribution in [2.45, 2.75) is 25.7 Å². The highest BCUT2D eigenvalue weighted by Crippen LogP contribution is 1.89. The Labute approximate surface area is 83.9 Å². The minimum absolute atomic E-state index is 0.00867. The standard InChI is InChI=1S/C9H18N2O3/c1-10-6-2-4-8(12)11-7-3-5-9(13)14/h10H,2-7H2,1H3,(H,11,12)(H,13,14). The van der Waals surface area contributed by atoms with Gasteiger partial charge in [0.05, 0.1) is 0 Å². The van der Waals surface area contributed by atoms with Gasteiger partial charge in [0, 0.05) is 19.4 Å². The number of carbonyl (C=O) groups is 2. The van der Waals surface area contributed by atoms with Gasteiger partial charge in [0.2, 0.25) is 5.91 Å². The smallest absolute Gasteiger partial charge is 0.303 e. The molecule has 0 bridgehead atoms. The molecule has 14 heavy (non-hydrogen) atoms. The molecule has 5 heteroatoms. The zero-order chi connectivity index (χ0) is 10.8. The average Bonchev–Trinajstić information content (AvgIpc) is 2.13. The Morgan fingerprint density at radius 3 is 2.36 bits per heavy atom. The summed E-state index contributed by atoms with van der Waals surface area (Å²) in [6.45, 7) is 1.27. The van der Waals surface area contributed by atoms with Gasteiger partial charge in [-0.15, -0.1) is 0 Å². The lowest BCUT2D eigenvalue weighted by molar-refractivity contribution is -0.137. The van der Waals surface area contributed by atoms with Crippen molar-refractivity contribution in [3.63, 3.8) is 0 Å². The SMILES string of the molecule is CNCCCC(=O)NCCCC(=O)O. The van der Waals surface area contributed by atoms with Crippen molar-refractivity contribution in [3.8, 4) is 0 Å². The van der Waals surface area contributed by atoms with E-state index in [0.717, 1.165) is 13.0 Å². The van der Waals surface area contributed by atoms with E-state index in [2.05, 4.69) is 10.6 Å². The lowest BCUT2D eigenvalue weighted by Crippen LogP contribution is -2.25. The molecule has 0 aliphatic heterocycles.